The number of fused-ring (bicyclic) bond motifs is 1. The summed E-state index contributed by atoms with van der Waals surface area (Å²) in [6.07, 6.45) is 0.741. The highest BCUT2D eigenvalue weighted by Crippen LogP contribution is 2.31. The first-order valence-electron chi connectivity index (χ1n) is 10.5. The van der Waals surface area contributed by atoms with Crippen LogP contribution in [-0.4, -0.2) is 66.7 Å². The second kappa shape index (κ2) is 8.19. The van der Waals surface area contributed by atoms with Crippen molar-refractivity contribution in [3.05, 3.63) is 59.9 Å². The van der Waals surface area contributed by atoms with E-state index in [1.165, 1.54) is 12.1 Å². The Balaban J connectivity index is 1.13. The fourth-order valence-corrected chi connectivity index (χ4v) is 4.37. The number of urea groups is 1. The van der Waals surface area contributed by atoms with Gasteiger partial charge >= 0.3 is 6.03 Å². The van der Waals surface area contributed by atoms with Crippen molar-refractivity contribution in [3.63, 3.8) is 0 Å². The number of nitrogens with zero attached hydrogens (tertiary/aromatic N) is 2. The van der Waals surface area contributed by atoms with Crippen molar-refractivity contribution in [2.75, 3.05) is 32.8 Å². The summed E-state index contributed by atoms with van der Waals surface area (Å²) in [6.45, 7) is 2.59. The molecule has 8 heteroatoms. The SMILES string of the molecule is O=C1CO[C@H]2CCN(C(=O)N3CC(c4ccc(Oc5ccc(F)cc5)cc4)C3)C[C@H]2N1. The highest BCUT2D eigenvalue weighted by molar-refractivity contribution is 5.79. The number of amides is 3. The van der Waals surface area contributed by atoms with Crippen LogP contribution in [0.2, 0.25) is 0 Å². The normalized spacial score (nSPS) is 23.6. The Morgan fingerprint density at radius 1 is 1.00 bits per heavy atom. The van der Waals surface area contributed by atoms with Crippen molar-refractivity contribution in [2.24, 2.45) is 0 Å². The van der Waals surface area contributed by atoms with Crippen molar-refractivity contribution in [1.29, 1.82) is 0 Å². The number of halogens is 1. The number of likely N-dealkylation sites (tertiary alicyclic amines) is 2. The molecule has 162 valence electrons. The van der Waals surface area contributed by atoms with E-state index < -0.39 is 0 Å². The summed E-state index contributed by atoms with van der Waals surface area (Å²) < 4.78 is 24.3. The molecule has 3 aliphatic rings. The van der Waals surface area contributed by atoms with Gasteiger partial charge in [0.25, 0.3) is 0 Å². The van der Waals surface area contributed by atoms with Gasteiger partial charge in [-0.2, -0.15) is 0 Å². The van der Waals surface area contributed by atoms with Crippen LogP contribution in [0.1, 0.15) is 17.9 Å². The van der Waals surface area contributed by atoms with Crippen molar-refractivity contribution in [3.8, 4) is 11.5 Å². The third-order valence-corrected chi connectivity index (χ3v) is 6.15. The number of morpholine rings is 1. The van der Waals surface area contributed by atoms with Crippen LogP contribution < -0.4 is 10.1 Å². The Morgan fingerprint density at radius 2 is 1.68 bits per heavy atom. The first-order valence-corrected chi connectivity index (χ1v) is 10.5. The van der Waals surface area contributed by atoms with Crippen molar-refractivity contribution in [1.82, 2.24) is 15.1 Å². The molecule has 0 saturated carbocycles. The third-order valence-electron chi connectivity index (χ3n) is 6.15. The fourth-order valence-electron chi connectivity index (χ4n) is 4.37. The molecule has 2 aromatic rings. The molecule has 3 amide bonds. The molecular formula is C23H24FN3O4. The molecule has 5 rings (SSSR count). The standard InChI is InChI=1S/C23H24FN3O4/c24-17-3-7-19(8-4-17)31-18-5-1-15(2-6-18)16-11-27(12-16)23(29)26-10-9-21-20(13-26)25-22(28)14-30-21/h1-8,16,20-21H,9-14H2,(H,25,28)/t20-,21+/m1/s1. The van der Waals surface area contributed by atoms with E-state index in [-0.39, 0.29) is 36.5 Å². The van der Waals surface area contributed by atoms with E-state index in [2.05, 4.69) is 5.32 Å². The summed E-state index contributed by atoms with van der Waals surface area (Å²) in [7, 11) is 0. The van der Waals surface area contributed by atoms with E-state index in [4.69, 9.17) is 9.47 Å². The Bertz CT molecular complexity index is 960. The molecule has 0 aliphatic carbocycles. The van der Waals surface area contributed by atoms with E-state index in [1.54, 1.807) is 12.1 Å². The summed E-state index contributed by atoms with van der Waals surface area (Å²) in [6, 6.07) is 13.6. The first kappa shape index (κ1) is 19.8. The van der Waals surface area contributed by atoms with Crippen LogP contribution in [0.25, 0.3) is 0 Å². The predicted octanol–water partition coefficient (Wildman–Crippen LogP) is 2.73. The van der Waals surface area contributed by atoms with Gasteiger partial charge in [-0.1, -0.05) is 12.1 Å². The largest absolute Gasteiger partial charge is 0.457 e. The highest BCUT2D eigenvalue weighted by atomic mass is 19.1. The average molecular weight is 425 g/mol. The highest BCUT2D eigenvalue weighted by Gasteiger charge is 2.40. The lowest BCUT2D eigenvalue weighted by molar-refractivity contribution is -0.139. The van der Waals surface area contributed by atoms with E-state index in [0.717, 1.165) is 12.0 Å². The molecule has 1 N–H and O–H groups in total. The van der Waals surface area contributed by atoms with Crippen LogP contribution >= 0.6 is 0 Å². The number of piperidine rings is 1. The lowest BCUT2D eigenvalue weighted by Crippen LogP contribution is -2.63. The Hall–Kier alpha value is -3.13. The fraction of sp³-hybridized carbons (Fsp3) is 0.391. The van der Waals surface area contributed by atoms with Gasteiger partial charge in [-0.3, -0.25) is 4.79 Å². The van der Waals surface area contributed by atoms with Crippen LogP contribution in [-0.2, 0) is 9.53 Å². The van der Waals surface area contributed by atoms with Gasteiger partial charge in [0.05, 0.1) is 12.1 Å². The van der Waals surface area contributed by atoms with E-state index >= 15 is 0 Å². The number of carbonyl (C=O) groups excluding carboxylic acids is 2. The molecule has 0 aromatic heterocycles. The molecule has 7 nitrogen and oxygen atoms in total. The van der Waals surface area contributed by atoms with Gasteiger partial charge in [0, 0.05) is 32.1 Å². The lowest BCUT2D eigenvalue weighted by atomic mass is 9.91. The smallest absolute Gasteiger partial charge is 0.320 e. The van der Waals surface area contributed by atoms with Crippen LogP contribution in [0, 0.1) is 5.82 Å². The minimum atomic E-state index is -0.298. The lowest BCUT2D eigenvalue weighted by Gasteiger charge is -2.46. The molecule has 2 aromatic carbocycles. The maximum absolute atomic E-state index is 13.0. The summed E-state index contributed by atoms with van der Waals surface area (Å²) in [4.78, 5) is 28.1. The van der Waals surface area contributed by atoms with Gasteiger partial charge in [-0.05, 0) is 48.4 Å². The molecule has 0 radical (unpaired) electrons. The second-order valence-electron chi connectivity index (χ2n) is 8.27. The molecule has 3 fully saturated rings. The topological polar surface area (TPSA) is 71.1 Å². The van der Waals surface area contributed by atoms with Crippen molar-refractivity contribution in [2.45, 2.75) is 24.5 Å². The summed E-state index contributed by atoms with van der Waals surface area (Å²) in [5.41, 5.74) is 1.15. The molecule has 0 unspecified atom stereocenters. The van der Waals surface area contributed by atoms with Gasteiger partial charge in [0.1, 0.15) is 23.9 Å². The molecule has 3 aliphatic heterocycles. The van der Waals surface area contributed by atoms with E-state index in [1.807, 2.05) is 34.1 Å². The first-order chi connectivity index (χ1) is 15.0. The van der Waals surface area contributed by atoms with Gasteiger partial charge < -0.3 is 24.6 Å². The van der Waals surface area contributed by atoms with Gasteiger partial charge in [0.2, 0.25) is 5.91 Å². The molecule has 0 bridgehead atoms. The predicted molar refractivity (Wildman–Crippen MR) is 110 cm³/mol. The van der Waals surface area contributed by atoms with Crippen LogP contribution in [0.5, 0.6) is 11.5 Å². The molecule has 0 spiro atoms. The van der Waals surface area contributed by atoms with Gasteiger partial charge in [0.15, 0.2) is 0 Å². The number of benzene rings is 2. The summed E-state index contributed by atoms with van der Waals surface area (Å²) >= 11 is 0. The number of rotatable bonds is 3. The minimum Gasteiger partial charge on any atom is -0.457 e. The number of hydrogen-bond donors (Lipinski definition) is 1. The zero-order chi connectivity index (χ0) is 21.4. The third kappa shape index (κ3) is 4.20. The minimum absolute atomic E-state index is 0.00142. The number of nitrogens with one attached hydrogen (secondary N) is 1. The maximum atomic E-state index is 13.0. The number of ether oxygens (including phenoxy) is 2. The monoisotopic (exact) mass is 425 g/mol. The van der Waals surface area contributed by atoms with Crippen molar-refractivity contribution >= 4 is 11.9 Å². The van der Waals surface area contributed by atoms with Crippen LogP contribution in [0.3, 0.4) is 0 Å². The number of carbonyl (C=O) groups is 2. The molecule has 31 heavy (non-hydrogen) atoms. The second-order valence-corrected chi connectivity index (χ2v) is 8.27. The quantitative estimate of drug-likeness (QED) is 0.821. The van der Waals surface area contributed by atoms with Gasteiger partial charge in [-0.15, -0.1) is 0 Å². The average Bonchev–Trinajstić information content (AvgIpc) is 2.75. The van der Waals surface area contributed by atoms with Crippen LogP contribution in [0.15, 0.2) is 48.5 Å². The Morgan fingerprint density at radius 3 is 2.39 bits per heavy atom. The zero-order valence-corrected chi connectivity index (χ0v) is 17.0. The Kier molecular flexibility index (Phi) is 5.23. The molecular weight excluding hydrogens is 401 g/mol. The van der Waals surface area contributed by atoms with E-state index in [9.17, 15) is 14.0 Å². The zero-order valence-electron chi connectivity index (χ0n) is 17.0. The molecule has 3 heterocycles. The van der Waals surface area contributed by atoms with Crippen LogP contribution in [0.4, 0.5) is 9.18 Å². The van der Waals surface area contributed by atoms with Crippen molar-refractivity contribution < 1.29 is 23.5 Å². The maximum Gasteiger partial charge on any atom is 0.320 e. The van der Waals surface area contributed by atoms with E-state index in [0.29, 0.717) is 43.6 Å². The number of hydrogen-bond acceptors (Lipinski definition) is 4. The molecule has 2 atom stereocenters. The Labute approximate surface area is 179 Å². The van der Waals surface area contributed by atoms with Gasteiger partial charge in [-0.25, -0.2) is 9.18 Å². The molecule has 3 saturated heterocycles. The summed E-state index contributed by atoms with van der Waals surface area (Å²) in [5.74, 6) is 1.14. The summed E-state index contributed by atoms with van der Waals surface area (Å²) in [5, 5.41) is 2.93.